The SMILES string of the molecule is CC1=CC(=O)C2=C(C1=O)C(c1ccccc1OCCO)C1=CCC3C(=O)N(O)C(=O)C3C1C2. The summed E-state index contributed by atoms with van der Waals surface area (Å²) in [5.41, 5.74) is 2.49. The number of allylic oxidation sites excluding steroid dienone is 6. The van der Waals surface area contributed by atoms with E-state index in [2.05, 4.69) is 0 Å². The summed E-state index contributed by atoms with van der Waals surface area (Å²) >= 11 is 0. The molecule has 3 aliphatic carbocycles. The molecule has 33 heavy (non-hydrogen) atoms. The summed E-state index contributed by atoms with van der Waals surface area (Å²) in [5.74, 6) is -3.96. The van der Waals surface area contributed by atoms with E-state index in [1.165, 1.54) is 6.08 Å². The van der Waals surface area contributed by atoms with Gasteiger partial charge in [0.2, 0.25) is 0 Å². The van der Waals surface area contributed by atoms with Gasteiger partial charge in [-0.15, -0.1) is 0 Å². The number of nitrogens with zero attached hydrogens (tertiary/aromatic N) is 1. The monoisotopic (exact) mass is 449 g/mol. The average molecular weight is 449 g/mol. The maximum Gasteiger partial charge on any atom is 0.257 e. The highest BCUT2D eigenvalue weighted by molar-refractivity contribution is 6.23. The number of amides is 2. The minimum Gasteiger partial charge on any atom is -0.491 e. The Labute approximate surface area is 189 Å². The second-order valence-electron chi connectivity index (χ2n) is 8.83. The molecule has 2 N–H and O–H groups in total. The van der Waals surface area contributed by atoms with E-state index in [-0.39, 0.29) is 42.7 Å². The van der Waals surface area contributed by atoms with Crippen LogP contribution in [0.1, 0.15) is 31.2 Å². The molecule has 4 unspecified atom stereocenters. The van der Waals surface area contributed by atoms with Crippen LogP contribution in [0.25, 0.3) is 0 Å². The Balaban J connectivity index is 1.71. The van der Waals surface area contributed by atoms with Crippen molar-refractivity contribution in [3.63, 3.8) is 0 Å². The maximum absolute atomic E-state index is 13.3. The number of fused-ring (bicyclic) bond motifs is 3. The smallest absolute Gasteiger partial charge is 0.257 e. The number of carbonyl (C=O) groups excluding carboxylic acids is 4. The van der Waals surface area contributed by atoms with E-state index >= 15 is 0 Å². The predicted octanol–water partition coefficient (Wildman–Crippen LogP) is 1.88. The molecular formula is C25H23NO7. The molecule has 0 radical (unpaired) electrons. The second-order valence-corrected chi connectivity index (χ2v) is 8.83. The fourth-order valence-corrected chi connectivity index (χ4v) is 5.71. The van der Waals surface area contributed by atoms with Crippen molar-refractivity contribution in [1.29, 1.82) is 0 Å². The van der Waals surface area contributed by atoms with Crippen LogP contribution >= 0.6 is 0 Å². The summed E-state index contributed by atoms with van der Waals surface area (Å²) in [6.45, 7) is 1.47. The Morgan fingerprint density at radius 1 is 1.09 bits per heavy atom. The molecule has 1 saturated heterocycles. The fraction of sp³-hybridized carbons (Fsp3) is 0.360. The zero-order chi connectivity index (χ0) is 23.4. The van der Waals surface area contributed by atoms with Gasteiger partial charge in [0.25, 0.3) is 11.8 Å². The number of aliphatic hydroxyl groups is 1. The number of hydrogen-bond acceptors (Lipinski definition) is 7. The Kier molecular flexibility index (Phi) is 5.14. The molecule has 2 amide bonds. The summed E-state index contributed by atoms with van der Waals surface area (Å²) in [7, 11) is 0. The van der Waals surface area contributed by atoms with Crippen LogP contribution in [0.5, 0.6) is 5.75 Å². The Hall–Kier alpha value is -3.36. The Morgan fingerprint density at radius 3 is 2.61 bits per heavy atom. The second kappa shape index (κ2) is 7.90. The largest absolute Gasteiger partial charge is 0.491 e. The molecule has 0 saturated carbocycles. The minimum absolute atomic E-state index is 0.0566. The third-order valence-electron chi connectivity index (χ3n) is 7.12. The molecule has 4 aliphatic rings. The quantitative estimate of drug-likeness (QED) is 0.312. The van der Waals surface area contributed by atoms with Crippen LogP contribution in [0, 0.1) is 17.8 Å². The van der Waals surface area contributed by atoms with Gasteiger partial charge < -0.3 is 9.84 Å². The van der Waals surface area contributed by atoms with E-state index in [1.807, 2.05) is 12.1 Å². The highest BCUT2D eigenvalue weighted by atomic mass is 16.5. The first-order valence-electron chi connectivity index (χ1n) is 10.9. The average Bonchev–Trinajstić information content (AvgIpc) is 3.04. The number of hydrogen-bond donors (Lipinski definition) is 2. The summed E-state index contributed by atoms with van der Waals surface area (Å²) in [5, 5.41) is 19.4. The van der Waals surface area contributed by atoms with Crippen LogP contribution in [0.3, 0.4) is 0 Å². The van der Waals surface area contributed by atoms with Crippen LogP contribution in [0.4, 0.5) is 0 Å². The molecule has 1 heterocycles. The van der Waals surface area contributed by atoms with E-state index in [9.17, 15) is 29.5 Å². The molecule has 1 aromatic carbocycles. The number of ketones is 2. The Morgan fingerprint density at radius 2 is 1.85 bits per heavy atom. The van der Waals surface area contributed by atoms with Gasteiger partial charge in [0.1, 0.15) is 12.4 Å². The third kappa shape index (κ3) is 3.13. The molecule has 0 aromatic heterocycles. The zero-order valence-corrected chi connectivity index (χ0v) is 18.0. The number of ether oxygens (including phenoxy) is 1. The number of benzene rings is 1. The first kappa shape index (κ1) is 21.5. The first-order valence-corrected chi connectivity index (χ1v) is 10.9. The number of Topliss-reactive ketones (excluding diaryl/α,β-unsaturated/α-hetero) is 1. The molecule has 170 valence electrons. The van der Waals surface area contributed by atoms with Gasteiger partial charge in [-0.25, -0.2) is 0 Å². The minimum atomic E-state index is -0.792. The molecule has 8 nitrogen and oxygen atoms in total. The number of hydroxylamine groups is 2. The molecule has 0 spiro atoms. The highest BCUT2D eigenvalue weighted by Gasteiger charge is 2.56. The summed E-state index contributed by atoms with van der Waals surface area (Å²) < 4.78 is 5.75. The van der Waals surface area contributed by atoms with Crippen LogP contribution in [-0.4, -0.2) is 52.0 Å². The standard InChI is InChI=1S/C25H23NO7/c1-12-10-18(28)17-11-16-13(6-7-15-21(16)25(31)26(32)24(15)30)20(22(17)23(12)29)14-4-2-3-5-19(14)33-9-8-27/h2-6,10,15-16,20-21,27,32H,7-9,11H2,1H3. The van der Waals surface area contributed by atoms with E-state index in [4.69, 9.17) is 4.74 Å². The van der Waals surface area contributed by atoms with Crippen molar-refractivity contribution in [2.45, 2.75) is 25.7 Å². The molecule has 1 aliphatic heterocycles. The van der Waals surface area contributed by atoms with Crippen LogP contribution in [0.2, 0.25) is 0 Å². The van der Waals surface area contributed by atoms with Gasteiger partial charge >= 0.3 is 0 Å². The van der Waals surface area contributed by atoms with Gasteiger partial charge in [0.15, 0.2) is 11.6 Å². The van der Waals surface area contributed by atoms with Crippen molar-refractivity contribution in [3.05, 3.63) is 64.3 Å². The van der Waals surface area contributed by atoms with Gasteiger partial charge in [-0.2, -0.15) is 5.06 Å². The van der Waals surface area contributed by atoms with Crippen molar-refractivity contribution < 1.29 is 34.2 Å². The number of para-hydroxylation sites is 1. The fourth-order valence-electron chi connectivity index (χ4n) is 5.71. The number of aliphatic hydroxyl groups excluding tert-OH is 1. The summed E-state index contributed by atoms with van der Waals surface area (Å²) in [6, 6.07) is 7.12. The van der Waals surface area contributed by atoms with Crippen molar-refractivity contribution >= 4 is 23.4 Å². The van der Waals surface area contributed by atoms with Crippen LogP contribution < -0.4 is 4.74 Å². The molecule has 0 bridgehead atoms. The first-order chi connectivity index (χ1) is 15.8. The lowest BCUT2D eigenvalue weighted by Crippen LogP contribution is -2.39. The van der Waals surface area contributed by atoms with Crippen LogP contribution in [0.15, 0.2) is 58.7 Å². The van der Waals surface area contributed by atoms with Crippen molar-refractivity contribution in [3.8, 4) is 5.75 Å². The van der Waals surface area contributed by atoms with E-state index in [0.29, 0.717) is 28.0 Å². The molecule has 8 heteroatoms. The topological polar surface area (TPSA) is 121 Å². The molecule has 5 rings (SSSR count). The van der Waals surface area contributed by atoms with Gasteiger partial charge in [0, 0.05) is 28.2 Å². The lowest BCUT2D eigenvalue weighted by molar-refractivity contribution is -0.173. The normalized spacial score (nSPS) is 28.9. The lowest BCUT2D eigenvalue weighted by atomic mass is 9.59. The van der Waals surface area contributed by atoms with Gasteiger partial charge in [-0.1, -0.05) is 29.8 Å². The Bertz CT molecular complexity index is 1190. The predicted molar refractivity (Wildman–Crippen MR) is 114 cm³/mol. The number of carbonyl (C=O) groups is 4. The molecule has 1 aromatic rings. The van der Waals surface area contributed by atoms with E-state index in [1.54, 1.807) is 25.1 Å². The number of rotatable bonds is 4. The third-order valence-corrected chi connectivity index (χ3v) is 7.12. The summed E-state index contributed by atoms with van der Waals surface area (Å²) in [6.07, 6.45) is 3.60. The number of imide groups is 1. The van der Waals surface area contributed by atoms with E-state index in [0.717, 1.165) is 5.57 Å². The zero-order valence-electron chi connectivity index (χ0n) is 18.0. The van der Waals surface area contributed by atoms with Gasteiger partial charge in [-0.05, 0) is 37.8 Å². The van der Waals surface area contributed by atoms with Gasteiger partial charge in [-0.3, -0.25) is 24.4 Å². The summed E-state index contributed by atoms with van der Waals surface area (Å²) in [4.78, 5) is 51.6. The van der Waals surface area contributed by atoms with Gasteiger partial charge in [0.05, 0.1) is 18.4 Å². The lowest BCUT2D eigenvalue weighted by Gasteiger charge is -2.42. The van der Waals surface area contributed by atoms with E-state index < -0.39 is 35.5 Å². The molecular weight excluding hydrogens is 426 g/mol. The van der Waals surface area contributed by atoms with Crippen LogP contribution in [-0.2, 0) is 19.2 Å². The molecule has 4 atom stereocenters. The van der Waals surface area contributed by atoms with Crippen molar-refractivity contribution in [1.82, 2.24) is 5.06 Å². The van der Waals surface area contributed by atoms with Crippen molar-refractivity contribution in [2.24, 2.45) is 17.8 Å². The van der Waals surface area contributed by atoms with Crippen molar-refractivity contribution in [2.75, 3.05) is 13.2 Å². The highest BCUT2D eigenvalue weighted by Crippen LogP contribution is 2.55. The molecule has 1 fully saturated rings. The maximum atomic E-state index is 13.3.